The van der Waals surface area contributed by atoms with Gasteiger partial charge in [0.25, 0.3) is 0 Å². The van der Waals surface area contributed by atoms with E-state index in [0.29, 0.717) is 0 Å². The fourth-order valence-electron chi connectivity index (χ4n) is 2.13. The second kappa shape index (κ2) is 6.13. The van der Waals surface area contributed by atoms with Crippen molar-refractivity contribution < 1.29 is 9.15 Å². The molecule has 21 heavy (non-hydrogen) atoms. The largest absolute Gasteiger partial charge is 0.497 e. The van der Waals surface area contributed by atoms with E-state index in [4.69, 9.17) is 9.15 Å². The number of hydrogen-bond donors (Lipinski definition) is 1. The molecule has 2 aromatic carbocycles. The summed E-state index contributed by atoms with van der Waals surface area (Å²) >= 11 is 0. The quantitative estimate of drug-likeness (QED) is 0.768. The van der Waals surface area contributed by atoms with Crippen LogP contribution < -0.4 is 10.1 Å². The third kappa shape index (κ3) is 3.23. The summed E-state index contributed by atoms with van der Waals surface area (Å²) in [7, 11) is 1.67. The number of nitrogens with one attached hydrogen (secondary N) is 1. The lowest BCUT2D eigenvalue weighted by Gasteiger charge is -2.09. The van der Waals surface area contributed by atoms with Gasteiger partial charge in [0, 0.05) is 17.8 Å². The molecule has 0 fully saturated rings. The Labute approximate surface area is 123 Å². The Balaban J connectivity index is 1.72. The molecule has 3 rings (SSSR count). The van der Waals surface area contributed by atoms with Crippen LogP contribution in [0.15, 0.2) is 65.5 Å². The third-order valence-electron chi connectivity index (χ3n) is 3.21. The number of aromatic nitrogens is 1. The zero-order valence-electron chi connectivity index (χ0n) is 11.7. The minimum Gasteiger partial charge on any atom is -0.497 e. The van der Waals surface area contributed by atoms with Crippen LogP contribution >= 0.6 is 0 Å². The molecule has 106 valence electrons. The Kier molecular flexibility index (Phi) is 3.87. The van der Waals surface area contributed by atoms with E-state index < -0.39 is 0 Å². The summed E-state index contributed by atoms with van der Waals surface area (Å²) in [6.45, 7) is 0.733. The maximum Gasteiger partial charge on any atom is 0.181 e. The fourth-order valence-corrected chi connectivity index (χ4v) is 2.13. The number of nitrogens with zero attached hydrogens (tertiary/aromatic N) is 1. The number of oxazole rings is 1. The highest BCUT2D eigenvalue weighted by atomic mass is 16.5. The predicted octanol–water partition coefficient (Wildman–Crippen LogP) is 3.96. The molecule has 1 heterocycles. The third-order valence-corrected chi connectivity index (χ3v) is 3.21. The summed E-state index contributed by atoms with van der Waals surface area (Å²) in [5, 5.41) is 3.40. The van der Waals surface area contributed by atoms with Crippen molar-refractivity contribution in [3.8, 4) is 17.1 Å². The summed E-state index contributed by atoms with van der Waals surface area (Å²) in [6.07, 6.45) is 3.15. The molecule has 0 aliphatic rings. The molecule has 0 saturated carbocycles. The second-order valence-electron chi connectivity index (χ2n) is 4.65. The van der Waals surface area contributed by atoms with Crippen molar-refractivity contribution in [3.05, 3.63) is 66.7 Å². The molecule has 0 atom stereocenters. The SMILES string of the molecule is COc1cccc(CNc2cccc(-c3cnco3)c2)c1. The van der Waals surface area contributed by atoms with Gasteiger partial charge in [-0.25, -0.2) is 4.98 Å². The number of hydrogen-bond acceptors (Lipinski definition) is 4. The van der Waals surface area contributed by atoms with Gasteiger partial charge in [-0.3, -0.25) is 0 Å². The van der Waals surface area contributed by atoms with Gasteiger partial charge in [0.2, 0.25) is 0 Å². The van der Waals surface area contributed by atoms with Crippen molar-refractivity contribution >= 4 is 5.69 Å². The maximum absolute atomic E-state index is 5.31. The first-order chi connectivity index (χ1) is 10.3. The lowest BCUT2D eigenvalue weighted by molar-refractivity contribution is 0.414. The number of benzene rings is 2. The molecule has 0 saturated heterocycles. The highest BCUT2D eigenvalue weighted by Gasteiger charge is 2.02. The monoisotopic (exact) mass is 280 g/mol. The Hall–Kier alpha value is -2.75. The van der Waals surface area contributed by atoms with Crippen LogP contribution in [0.4, 0.5) is 5.69 Å². The lowest BCUT2D eigenvalue weighted by Crippen LogP contribution is -1.99. The molecule has 4 nitrogen and oxygen atoms in total. The average Bonchev–Trinajstić information content (AvgIpc) is 3.08. The van der Waals surface area contributed by atoms with Crippen LogP contribution in [0.25, 0.3) is 11.3 Å². The van der Waals surface area contributed by atoms with Gasteiger partial charge in [0.05, 0.1) is 13.3 Å². The summed E-state index contributed by atoms with van der Waals surface area (Å²) in [6, 6.07) is 16.1. The van der Waals surface area contributed by atoms with E-state index in [0.717, 1.165) is 29.3 Å². The first kappa shape index (κ1) is 13.2. The van der Waals surface area contributed by atoms with Gasteiger partial charge in [-0.2, -0.15) is 0 Å². The van der Waals surface area contributed by atoms with E-state index in [2.05, 4.69) is 16.4 Å². The van der Waals surface area contributed by atoms with Crippen LogP contribution in [0.5, 0.6) is 5.75 Å². The van der Waals surface area contributed by atoms with Crippen LogP contribution in [0.2, 0.25) is 0 Å². The Morgan fingerprint density at radius 1 is 1.14 bits per heavy atom. The smallest absolute Gasteiger partial charge is 0.181 e. The van der Waals surface area contributed by atoms with Crippen LogP contribution in [0, 0.1) is 0 Å². The van der Waals surface area contributed by atoms with Gasteiger partial charge in [0.1, 0.15) is 5.75 Å². The highest BCUT2D eigenvalue weighted by molar-refractivity contribution is 5.63. The highest BCUT2D eigenvalue weighted by Crippen LogP contribution is 2.22. The van der Waals surface area contributed by atoms with Gasteiger partial charge in [0.15, 0.2) is 12.2 Å². The van der Waals surface area contributed by atoms with Gasteiger partial charge in [-0.05, 0) is 29.8 Å². The average molecular weight is 280 g/mol. The van der Waals surface area contributed by atoms with Gasteiger partial charge < -0.3 is 14.5 Å². The second-order valence-corrected chi connectivity index (χ2v) is 4.65. The molecule has 1 aromatic heterocycles. The predicted molar refractivity (Wildman–Crippen MR) is 82.3 cm³/mol. The molecule has 0 bridgehead atoms. The Morgan fingerprint density at radius 2 is 2.05 bits per heavy atom. The summed E-state index contributed by atoms with van der Waals surface area (Å²) < 4.78 is 10.5. The van der Waals surface area contributed by atoms with E-state index in [-0.39, 0.29) is 0 Å². The molecule has 0 radical (unpaired) electrons. The molecule has 0 unspecified atom stereocenters. The van der Waals surface area contributed by atoms with E-state index >= 15 is 0 Å². The summed E-state index contributed by atoms with van der Waals surface area (Å²) in [5.41, 5.74) is 3.20. The molecular weight excluding hydrogens is 264 g/mol. The minimum absolute atomic E-state index is 0.733. The molecule has 1 N–H and O–H groups in total. The Morgan fingerprint density at radius 3 is 2.86 bits per heavy atom. The van der Waals surface area contributed by atoms with Gasteiger partial charge in [-0.1, -0.05) is 24.3 Å². The Bertz CT molecular complexity index is 708. The molecule has 4 heteroatoms. The molecule has 0 aliphatic heterocycles. The lowest BCUT2D eigenvalue weighted by atomic mass is 10.1. The van der Waals surface area contributed by atoms with E-state index in [1.807, 2.05) is 42.5 Å². The maximum atomic E-state index is 5.31. The summed E-state index contributed by atoms with van der Waals surface area (Å²) in [4.78, 5) is 3.94. The molecule has 0 amide bonds. The van der Waals surface area contributed by atoms with Crippen LogP contribution in [0.1, 0.15) is 5.56 Å². The van der Waals surface area contributed by atoms with E-state index in [9.17, 15) is 0 Å². The molecule has 0 aliphatic carbocycles. The van der Waals surface area contributed by atoms with Crippen LogP contribution in [-0.4, -0.2) is 12.1 Å². The number of methoxy groups -OCH3 is 1. The topological polar surface area (TPSA) is 47.3 Å². The van der Waals surface area contributed by atoms with Crippen molar-refractivity contribution in [1.82, 2.24) is 4.98 Å². The molecular formula is C17H16N2O2. The van der Waals surface area contributed by atoms with Crippen molar-refractivity contribution in [2.75, 3.05) is 12.4 Å². The number of ether oxygens (including phenoxy) is 1. The molecule has 0 spiro atoms. The van der Waals surface area contributed by atoms with Crippen molar-refractivity contribution in [1.29, 1.82) is 0 Å². The van der Waals surface area contributed by atoms with Crippen molar-refractivity contribution in [2.45, 2.75) is 6.54 Å². The first-order valence-corrected chi connectivity index (χ1v) is 6.71. The standard InChI is InChI=1S/C17H16N2O2/c1-20-16-7-2-4-13(8-16)10-19-15-6-3-5-14(9-15)17-11-18-12-21-17/h2-9,11-12,19H,10H2,1H3. The zero-order valence-corrected chi connectivity index (χ0v) is 11.7. The van der Waals surface area contributed by atoms with Crippen molar-refractivity contribution in [2.24, 2.45) is 0 Å². The fraction of sp³-hybridized carbons (Fsp3) is 0.118. The van der Waals surface area contributed by atoms with E-state index in [1.165, 1.54) is 12.0 Å². The summed E-state index contributed by atoms with van der Waals surface area (Å²) in [5.74, 6) is 1.63. The van der Waals surface area contributed by atoms with Crippen LogP contribution in [0.3, 0.4) is 0 Å². The van der Waals surface area contributed by atoms with Gasteiger partial charge in [-0.15, -0.1) is 0 Å². The number of rotatable bonds is 5. The minimum atomic E-state index is 0.733. The van der Waals surface area contributed by atoms with Crippen LogP contribution in [-0.2, 0) is 6.54 Å². The first-order valence-electron chi connectivity index (χ1n) is 6.71. The van der Waals surface area contributed by atoms with Gasteiger partial charge >= 0.3 is 0 Å². The zero-order chi connectivity index (χ0) is 14.5. The normalized spacial score (nSPS) is 10.3. The number of anilines is 1. The van der Waals surface area contributed by atoms with E-state index in [1.54, 1.807) is 13.3 Å². The van der Waals surface area contributed by atoms with Crippen molar-refractivity contribution in [3.63, 3.8) is 0 Å². The molecule has 3 aromatic rings.